The summed E-state index contributed by atoms with van der Waals surface area (Å²) >= 11 is 7.81. The number of aliphatic imine (C=N–C) groups is 1. The Bertz CT molecular complexity index is 1200. The molecule has 5 rings (SSSR count). The van der Waals surface area contributed by atoms with Gasteiger partial charge in [-0.05, 0) is 12.1 Å². The molecule has 2 fully saturated rings. The molecule has 4 heterocycles. The van der Waals surface area contributed by atoms with E-state index in [9.17, 15) is 14.0 Å². The van der Waals surface area contributed by atoms with Crippen molar-refractivity contribution in [2.75, 3.05) is 39.9 Å². The first-order valence-electron chi connectivity index (χ1n) is 11.1. The molecule has 2 aromatic rings. The number of fused-ring (bicyclic) bond motifs is 1. The summed E-state index contributed by atoms with van der Waals surface area (Å²) in [6.45, 7) is 2.57. The molecule has 2 atom stereocenters. The molecule has 1 amide bonds. The molecule has 2 saturated heterocycles. The second-order valence-electron chi connectivity index (χ2n) is 8.38. The fourth-order valence-corrected chi connectivity index (χ4v) is 5.47. The van der Waals surface area contributed by atoms with Crippen LogP contribution in [0, 0.1) is 5.82 Å². The molecule has 0 aliphatic carbocycles. The highest BCUT2D eigenvalue weighted by Gasteiger charge is 2.38. The van der Waals surface area contributed by atoms with Gasteiger partial charge in [-0.1, -0.05) is 17.7 Å². The van der Waals surface area contributed by atoms with E-state index in [0.29, 0.717) is 60.5 Å². The van der Waals surface area contributed by atoms with Crippen molar-refractivity contribution in [2.24, 2.45) is 4.99 Å². The number of methoxy groups -OCH3 is 1. The number of nitrogens with zero attached hydrogens (tertiary/aromatic N) is 4. The van der Waals surface area contributed by atoms with E-state index < -0.39 is 17.8 Å². The van der Waals surface area contributed by atoms with Gasteiger partial charge in [0.2, 0.25) is 0 Å². The van der Waals surface area contributed by atoms with Gasteiger partial charge in [-0.15, -0.1) is 11.3 Å². The standard InChI is InChI=1S/C23H23ClFN5O4S/c1-33-22(31)18-17(12-29-6-7-30-14(11-29)4-8-34-23(30)32)27-20(21-26-5-9-35-21)28-19(18)15-3-2-13(25)10-16(15)24/h2-3,5,9-10,14,19H,4,6-8,11-12H2,1H3,(H,27,28). The molecular weight excluding hydrogens is 497 g/mol. The lowest BCUT2D eigenvalue weighted by atomic mass is 9.95. The van der Waals surface area contributed by atoms with E-state index in [1.54, 1.807) is 11.1 Å². The summed E-state index contributed by atoms with van der Waals surface area (Å²) in [4.78, 5) is 38.2. The Balaban J connectivity index is 1.52. The van der Waals surface area contributed by atoms with Crippen LogP contribution in [-0.2, 0) is 14.3 Å². The van der Waals surface area contributed by atoms with Crippen LogP contribution in [0.3, 0.4) is 0 Å². The lowest BCUT2D eigenvalue weighted by molar-refractivity contribution is -0.136. The zero-order valence-corrected chi connectivity index (χ0v) is 20.4. The number of hydrogen-bond acceptors (Lipinski definition) is 9. The third kappa shape index (κ3) is 4.75. The maximum Gasteiger partial charge on any atom is 0.410 e. The van der Waals surface area contributed by atoms with Gasteiger partial charge in [0.1, 0.15) is 11.9 Å². The summed E-state index contributed by atoms with van der Waals surface area (Å²) in [7, 11) is 1.31. The molecule has 35 heavy (non-hydrogen) atoms. The Labute approximate surface area is 210 Å². The third-order valence-corrected chi connectivity index (χ3v) is 7.39. The Kier molecular flexibility index (Phi) is 6.72. The van der Waals surface area contributed by atoms with Crippen molar-refractivity contribution < 1.29 is 23.5 Å². The maximum absolute atomic E-state index is 13.8. The number of benzene rings is 1. The smallest absolute Gasteiger partial charge is 0.410 e. The molecule has 3 aliphatic heterocycles. The molecule has 9 nitrogen and oxygen atoms in total. The number of carbonyl (C=O) groups is 2. The average molecular weight is 520 g/mol. The number of rotatable bonds is 5. The summed E-state index contributed by atoms with van der Waals surface area (Å²) in [5.41, 5.74) is 1.39. The van der Waals surface area contributed by atoms with Gasteiger partial charge in [0.25, 0.3) is 0 Å². The molecule has 12 heteroatoms. The summed E-state index contributed by atoms with van der Waals surface area (Å²) in [6.07, 6.45) is 2.14. The van der Waals surface area contributed by atoms with Gasteiger partial charge in [-0.3, -0.25) is 9.89 Å². The number of amides is 1. The first-order valence-corrected chi connectivity index (χ1v) is 12.4. The second kappa shape index (κ2) is 9.92. The SMILES string of the molecule is COC(=O)C1=C(CN2CCN3C(=O)OCCC3C2)NC(c2nccs2)=NC1c1ccc(F)cc1Cl. The second-order valence-corrected chi connectivity index (χ2v) is 9.68. The first-order chi connectivity index (χ1) is 16.9. The average Bonchev–Trinajstić information content (AvgIpc) is 3.38. The summed E-state index contributed by atoms with van der Waals surface area (Å²) in [6, 6.07) is 3.26. The molecule has 0 spiro atoms. The van der Waals surface area contributed by atoms with Gasteiger partial charge in [-0.25, -0.2) is 19.0 Å². The molecule has 1 N–H and O–H groups in total. The van der Waals surface area contributed by atoms with Gasteiger partial charge in [-0.2, -0.15) is 0 Å². The van der Waals surface area contributed by atoms with Crippen LogP contribution < -0.4 is 5.32 Å². The minimum absolute atomic E-state index is 0.0465. The van der Waals surface area contributed by atoms with Crippen LogP contribution >= 0.6 is 22.9 Å². The van der Waals surface area contributed by atoms with Crippen LogP contribution in [0.15, 0.2) is 46.0 Å². The van der Waals surface area contributed by atoms with Crippen molar-refractivity contribution in [1.82, 2.24) is 20.1 Å². The van der Waals surface area contributed by atoms with E-state index >= 15 is 0 Å². The van der Waals surface area contributed by atoms with Gasteiger partial charge >= 0.3 is 12.1 Å². The molecule has 3 aliphatic rings. The monoisotopic (exact) mass is 519 g/mol. The molecule has 0 bridgehead atoms. The van der Waals surface area contributed by atoms with Crippen LogP contribution in [0.25, 0.3) is 0 Å². The molecular formula is C23H23ClFN5O4S. The fourth-order valence-electron chi connectivity index (χ4n) is 4.61. The number of thiazole rings is 1. The van der Waals surface area contributed by atoms with E-state index in [2.05, 4.69) is 15.2 Å². The largest absolute Gasteiger partial charge is 0.466 e. The highest BCUT2D eigenvalue weighted by Crippen LogP contribution is 2.37. The number of cyclic esters (lactones) is 1. The zero-order valence-electron chi connectivity index (χ0n) is 18.9. The van der Waals surface area contributed by atoms with Crippen molar-refractivity contribution in [1.29, 1.82) is 0 Å². The zero-order chi connectivity index (χ0) is 24.5. The van der Waals surface area contributed by atoms with E-state index in [0.717, 1.165) is 6.42 Å². The van der Waals surface area contributed by atoms with Crippen molar-refractivity contribution in [3.05, 3.63) is 62.5 Å². The number of hydrogen-bond donors (Lipinski definition) is 1. The number of esters is 1. The molecule has 1 aromatic heterocycles. The van der Waals surface area contributed by atoms with Crippen LogP contribution in [0.1, 0.15) is 23.0 Å². The number of halogens is 2. The highest BCUT2D eigenvalue weighted by atomic mass is 35.5. The van der Waals surface area contributed by atoms with Crippen LogP contribution in [0.5, 0.6) is 0 Å². The number of ether oxygens (including phenoxy) is 2. The Morgan fingerprint density at radius 1 is 1.40 bits per heavy atom. The first kappa shape index (κ1) is 23.7. The summed E-state index contributed by atoms with van der Waals surface area (Å²) in [5, 5.41) is 5.93. The number of piperazine rings is 1. The number of carbonyl (C=O) groups excluding carboxylic acids is 2. The van der Waals surface area contributed by atoms with Crippen molar-refractivity contribution in [3.8, 4) is 0 Å². The van der Waals surface area contributed by atoms with E-state index in [1.807, 2.05) is 5.38 Å². The normalized spacial score (nSPS) is 22.8. The molecule has 0 radical (unpaired) electrons. The predicted molar refractivity (Wildman–Crippen MR) is 128 cm³/mol. The van der Waals surface area contributed by atoms with Crippen LogP contribution in [0.2, 0.25) is 5.02 Å². The van der Waals surface area contributed by atoms with E-state index in [-0.39, 0.29) is 17.2 Å². The molecule has 184 valence electrons. The Hall–Kier alpha value is -3.02. The van der Waals surface area contributed by atoms with E-state index in [4.69, 9.17) is 26.1 Å². The highest BCUT2D eigenvalue weighted by molar-refractivity contribution is 7.11. The quantitative estimate of drug-likeness (QED) is 0.607. The number of aromatic nitrogens is 1. The van der Waals surface area contributed by atoms with E-state index in [1.165, 1.54) is 36.6 Å². The lowest BCUT2D eigenvalue weighted by Crippen LogP contribution is -2.58. The Morgan fingerprint density at radius 3 is 3.00 bits per heavy atom. The van der Waals surface area contributed by atoms with Crippen LogP contribution in [0.4, 0.5) is 9.18 Å². The maximum atomic E-state index is 13.8. The van der Waals surface area contributed by atoms with Gasteiger partial charge in [0.15, 0.2) is 10.8 Å². The Morgan fingerprint density at radius 2 is 2.26 bits per heavy atom. The van der Waals surface area contributed by atoms with Crippen LogP contribution in [-0.4, -0.2) is 78.6 Å². The molecule has 2 unspecified atom stereocenters. The number of amidine groups is 1. The molecule has 0 saturated carbocycles. The van der Waals surface area contributed by atoms with Crippen molar-refractivity contribution in [2.45, 2.75) is 18.5 Å². The summed E-state index contributed by atoms with van der Waals surface area (Å²) < 4.78 is 24.1. The minimum atomic E-state index is -0.809. The minimum Gasteiger partial charge on any atom is -0.466 e. The van der Waals surface area contributed by atoms with Crippen molar-refractivity contribution >= 4 is 40.8 Å². The van der Waals surface area contributed by atoms with Gasteiger partial charge in [0, 0.05) is 60.5 Å². The topological polar surface area (TPSA) is 96.4 Å². The lowest BCUT2D eigenvalue weighted by Gasteiger charge is -2.43. The van der Waals surface area contributed by atoms with Crippen molar-refractivity contribution in [3.63, 3.8) is 0 Å². The third-order valence-electron chi connectivity index (χ3n) is 6.28. The van der Waals surface area contributed by atoms with Gasteiger partial charge in [0.05, 0.1) is 25.3 Å². The van der Waals surface area contributed by atoms with Gasteiger partial charge < -0.3 is 19.7 Å². The number of nitrogens with one attached hydrogen (secondary N) is 1. The fraction of sp³-hybridized carbons (Fsp3) is 0.391. The summed E-state index contributed by atoms with van der Waals surface area (Å²) in [5.74, 6) is -0.544. The predicted octanol–water partition coefficient (Wildman–Crippen LogP) is 2.98. The molecule has 1 aromatic carbocycles.